The van der Waals surface area contributed by atoms with Gasteiger partial charge in [-0.3, -0.25) is 4.79 Å². The zero-order valence-electron chi connectivity index (χ0n) is 8.95. The van der Waals surface area contributed by atoms with Gasteiger partial charge in [-0.15, -0.1) is 11.3 Å². The summed E-state index contributed by atoms with van der Waals surface area (Å²) in [4.78, 5) is 12.4. The lowest BCUT2D eigenvalue weighted by Crippen LogP contribution is -2.35. The lowest BCUT2D eigenvalue weighted by Gasteiger charge is -2.15. The molecule has 0 aliphatic rings. The van der Waals surface area contributed by atoms with Crippen LogP contribution in [0.4, 0.5) is 5.69 Å². The fourth-order valence-corrected chi connectivity index (χ4v) is 2.66. The molecule has 1 rings (SSSR count). The standard InChI is InChI=1S/C10H16N2OS2/c1-3-7(6-14-2)12-10(13)9-8(11)4-5-15-9/h4-5,7H,3,6,11H2,1-2H3,(H,12,13). The molecule has 3 nitrogen and oxygen atoms in total. The van der Waals surface area contributed by atoms with Crippen molar-refractivity contribution >= 4 is 34.7 Å². The van der Waals surface area contributed by atoms with Gasteiger partial charge >= 0.3 is 0 Å². The van der Waals surface area contributed by atoms with Gasteiger partial charge in [0.05, 0.1) is 5.69 Å². The summed E-state index contributed by atoms with van der Waals surface area (Å²) >= 11 is 3.12. The van der Waals surface area contributed by atoms with E-state index in [0.29, 0.717) is 10.6 Å². The van der Waals surface area contributed by atoms with Crippen LogP contribution < -0.4 is 11.1 Å². The summed E-state index contributed by atoms with van der Waals surface area (Å²) < 4.78 is 0. The highest BCUT2D eigenvalue weighted by Gasteiger charge is 2.14. The second-order valence-corrected chi connectivity index (χ2v) is 5.07. The van der Waals surface area contributed by atoms with E-state index in [9.17, 15) is 4.79 Å². The molecule has 0 fully saturated rings. The van der Waals surface area contributed by atoms with Crippen LogP contribution in [0.5, 0.6) is 0 Å². The Morgan fingerprint density at radius 2 is 2.47 bits per heavy atom. The van der Waals surface area contributed by atoms with Crippen molar-refractivity contribution in [1.82, 2.24) is 5.32 Å². The van der Waals surface area contributed by atoms with Gasteiger partial charge in [0.1, 0.15) is 4.88 Å². The Morgan fingerprint density at radius 3 is 2.93 bits per heavy atom. The summed E-state index contributed by atoms with van der Waals surface area (Å²) in [5, 5.41) is 4.81. The second kappa shape index (κ2) is 6.02. The molecule has 0 saturated carbocycles. The maximum atomic E-state index is 11.8. The maximum absolute atomic E-state index is 11.8. The molecule has 3 N–H and O–H groups in total. The molecule has 0 aromatic carbocycles. The number of carbonyl (C=O) groups excluding carboxylic acids is 1. The Kier molecular flexibility index (Phi) is 4.98. The number of rotatable bonds is 5. The lowest BCUT2D eigenvalue weighted by atomic mass is 10.2. The Labute approximate surface area is 98.4 Å². The number of anilines is 1. The fourth-order valence-electron chi connectivity index (χ4n) is 1.22. The number of nitrogen functional groups attached to an aromatic ring is 1. The van der Waals surface area contributed by atoms with E-state index in [2.05, 4.69) is 12.2 Å². The first-order chi connectivity index (χ1) is 7.19. The van der Waals surface area contributed by atoms with Gasteiger partial charge in [0.2, 0.25) is 0 Å². The molecule has 1 unspecified atom stereocenters. The van der Waals surface area contributed by atoms with Crippen LogP contribution in [-0.2, 0) is 0 Å². The molecule has 0 radical (unpaired) electrons. The molecule has 5 heteroatoms. The highest BCUT2D eigenvalue weighted by Crippen LogP contribution is 2.18. The number of hydrogen-bond acceptors (Lipinski definition) is 4. The van der Waals surface area contributed by atoms with Crippen LogP contribution in [-0.4, -0.2) is 24.0 Å². The third kappa shape index (κ3) is 3.43. The van der Waals surface area contributed by atoms with Gasteiger partial charge in [-0.25, -0.2) is 0 Å². The second-order valence-electron chi connectivity index (χ2n) is 3.24. The zero-order chi connectivity index (χ0) is 11.3. The molecule has 1 aromatic heterocycles. The predicted molar refractivity (Wildman–Crippen MR) is 68.7 cm³/mol. The normalized spacial score (nSPS) is 12.4. The SMILES string of the molecule is CCC(CSC)NC(=O)c1sccc1N. The van der Waals surface area contributed by atoms with E-state index in [1.807, 2.05) is 11.6 Å². The lowest BCUT2D eigenvalue weighted by molar-refractivity contribution is 0.0945. The van der Waals surface area contributed by atoms with Crippen molar-refractivity contribution in [2.75, 3.05) is 17.7 Å². The Morgan fingerprint density at radius 1 is 1.73 bits per heavy atom. The molecule has 0 bridgehead atoms. The molecule has 0 spiro atoms. The van der Waals surface area contributed by atoms with Crippen molar-refractivity contribution in [3.63, 3.8) is 0 Å². The highest BCUT2D eigenvalue weighted by molar-refractivity contribution is 7.98. The molecule has 0 aliphatic heterocycles. The van der Waals surface area contributed by atoms with Crippen LogP contribution >= 0.6 is 23.1 Å². The van der Waals surface area contributed by atoms with Gasteiger partial charge in [0.15, 0.2) is 0 Å². The van der Waals surface area contributed by atoms with E-state index in [1.165, 1.54) is 11.3 Å². The van der Waals surface area contributed by atoms with Gasteiger partial charge in [-0.05, 0) is 24.1 Å². The molecule has 1 aromatic rings. The van der Waals surface area contributed by atoms with Crippen LogP contribution in [0, 0.1) is 0 Å². The molecule has 1 atom stereocenters. The third-order valence-electron chi connectivity index (χ3n) is 2.10. The molecule has 0 saturated heterocycles. The third-order valence-corrected chi connectivity index (χ3v) is 3.76. The van der Waals surface area contributed by atoms with Crippen LogP contribution in [0.15, 0.2) is 11.4 Å². The first kappa shape index (κ1) is 12.4. The monoisotopic (exact) mass is 244 g/mol. The number of thioether (sulfide) groups is 1. The number of carbonyl (C=O) groups is 1. The number of nitrogens with two attached hydrogens (primary N) is 1. The Hall–Kier alpha value is -0.680. The number of thiophene rings is 1. The minimum absolute atomic E-state index is 0.0524. The van der Waals surface area contributed by atoms with Gasteiger partial charge in [-0.2, -0.15) is 11.8 Å². The van der Waals surface area contributed by atoms with Crippen molar-refractivity contribution in [2.24, 2.45) is 0 Å². The zero-order valence-corrected chi connectivity index (χ0v) is 10.6. The van der Waals surface area contributed by atoms with Gasteiger partial charge in [-0.1, -0.05) is 6.92 Å². The van der Waals surface area contributed by atoms with E-state index < -0.39 is 0 Å². The van der Waals surface area contributed by atoms with E-state index in [4.69, 9.17) is 5.73 Å². The summed E-state index contributed by atoms with van der Waals surface area (Å²) in [6, 6.07) is 1.99. The quantitative estimate of drug-likeness (QED) is 0.835. The molecule has 15 heavy (non-hydrogen) atoms. The fraction of sp³-hybridized carbons (Fsp3) is 0.500. The minimum atomic E-state index is -0.0524. The molecule has 84 valence electrons. The number of nitrogens with one attached hydrogen (secondary N) is 1. The Bertz CT molecular complexity index is 325. The Balaban J connectivity index is 2.58. The maximum Gasteiger partial charge on any atom is 0.263 e. The first-order valence-corrected chi connectivity index (χ1v) is 7.09. The molecule has 1 heterocycles. The topological polar surface area (TPSA) is 55.1 Å². The first-order valence-electron chi connectivity index (χ1n) is 4.81. The molecule has 1 amide bonds. The van der Waals surface area contributed by atoms with E-state index in [0.717, 1.165) is 12.2 Å². The smallest absolute Gasteiger partial charge is 0.263 e. The summed E-state index contributed by atoms with van der Waals surface area (Å²) in [7, 11) is 0. The van der Waals surface area contributed by atoms with Crippen molar-refractivity contribution < 1.29 is 4.79 Å². The van der Waals surface area contributed by atoms with Crippen molar-refractivity contribution in [3.05, 3.63) is 16.3 Å². The van der Waals surface area contributed by atoms with Crippen LogP contribution in [0.3, 0.4) is 0 Å². The van der Waals surface area contributed by atoms with E-state index in [1.54, 1.807) is 17.8 Å². The highest BCUT2D eigenvalue weighted by atomic mass is 32.2. The number of hydrogen-bond donors (Lipinski definition) is 2. The molecule has 0 aliphatic carbocycles. The average molecular weight is 244 g/mol. The molecular weight excluding hydrogens is 228 g/mol. The predicted octanol–water partition coefficient (Wildman–Crippen LogP) is 2.20. The van der Waals surface area contributed by atoms with Gasteiger partial charge in [0.25, 0.3) is 5.91 Å². The van der Waals surface area contributed by atoms with Gasteiger partial charge < -0.3 is 11.1 Å². The average Bonchev–Trinajstić information content (AvgIpc) is 2.63. The number of amides is 1. The van der Waals surface area contributed by atoms with Crippen LogP contribution in [0.1, 0.15) is 23.0 Å². The van der Waals surface area contributed by atoms with Gasteiger partial charge in [0, 0.05) is 11.8 Å². The summed E-state index contributed by atoms with van der Waals surface area (Å²) in [5.41, 5.74) is 6.24. The summed E-state index contributed by atoms with van der Waals surface area (Å²) in [6.45, 7) is 2.07. The minimum Gasteiger partial charge on any atom is -0.397 e. The summed E-state index contributed by atoms with van der Waals surface area (Å²) in [5.74, 6) is 0.886. The van der Waals surface area contributed by atoms with Crippen molar-refractivity contribution in [1.29, 1.82) is 0 Å². The van der Waals surface area contributed by atoms with Crippen molar-refractivity contribution in [2.45, 2.75) is 19.4 Å². The van der Waals surface area contributed by atoms with Crippen LogP contribution in [0.2, 0.25) is 0 Å². The largest absolute Gasteiger partial charge is 0.397 e. The molecular formula is C10H16N2OS2. The van der Waals surface area contributed by atoms with E-state index in [-0.39, 0.29) is 11.9 Å². The van der Waals surface area contributed by atoms with Crippen molar-refractivity contribution in [3.8, 4) is 0 Å². The van der Waals surface area contributed by atoms with Crippen LogP contribution in [0.25, 0.3) is 0 Å². The van der Waals surface area contributed by atoms with E-state index >= 15 is 0 Å². The summed E-state index contributed by atoms with van der Waals surface area (Å²) in [6.07, 6.45) is 2.98.